The minimum Gasteiger partial charge on any atom is -0.489 e. The number of amides is 1. The Labute approximate surface area is 232 Å². The predicted molar refractivity (Wildman–Crippen MR) is 159 cm³/mol. The fraction of sp³-hybridized carbons (Fsp3) is 0.129. The Morgan fingerprint density at radius 3 is 2.47 bits per heavy atom. The van der Waals surface area contributed by atoms with E-state index in [1.165, 1.54) is 11.8 Å². The zero-order chi connectivity index (χ0) is 26.6. The van der Waals surface area contributed by atoms with Gasteiger partial charge in [-0.3, -0.25) is 9.69 Å². The molecular formula is C31H27N3O2S2. The van der Waals surface area contributed by atoms with Crippen LogP contribution in [0.15, 0.2) is 103 Å². The summed E-state index contributed by atoms with van der Waals surface area (Å²) in [5, 5.41) is 4.92. The van der Waals surface area contributed by atoms with Crippen molar-refractivity contribution in [1.29, 1.82) is 0 Å². The van der Waals surface area contributed by atoms with Crippen molar-refractivity contribution in [1.82, 2.24) is 14.7 Å². The fourth-order valence-corrected chi connectivity index (χ4v) is 5.78. The summed E-state index contributed by atoms with van der Waals surface area (Å²) < 4.78 is 8.15. The predicted octanol–water partition coefficient (Wildman–Crippen LogP) is 7.37. The maximum Gasteiger partial charge on any atom is 0.266 e. The number of benzene rings is 3. The van der Waals surface area contributed by atoms with Gasteiger partial charge >= 0.3 is 0 Å². The van der Waals surface area contributed by atoms with Gasteiger partial charge in [0.05, 0.1) is 16.6 Å². The summed E-state index contributed by atoms with van der Waals surface area (Å²) >= 11 is 6.97. The second-order valence-electron chi connectivity index (χ2n) is 8.93. The molecule has 0 spiro atoms. The molecule has 4 aromatic rings. The first-order valence-electron chi connectivity index (χ1n) is 12.3. The molecule has 3 aromatic carbocycles. The summed E-state index contributed by atoms with van der Waals surface area (Å²) in [5.41, 5.74) is 5.50. The zero-order valence-electron chi connectivity index (χ0n) is 21.2. The first-order valence-corrected chi connectivity index (χ1v) is 13.5. The summed E-state index contributed by atoms with van der Waals surface area (Å²) in [4.78, 5) is 15.8. The van der Waals surface area contributed by atoms with Gasteiger partial charge in [-0.15, -0.1) is 0 Å². The van der Waals surface area contributed by atoms with Gasteiger partial charge in [-0.1, -0.05) is 85.2 Å². The van der Waals surface area contributed by atoms with Crippen molar-refractivity contribution >= 4 is 40.3 Å². The van der Waals surface area contributed by atoms with E-state index in [0.717, 1.165) is 39.4 Å². The second kappa shape index (κ2) is 11.2. The lowest BCUT2D eigenvalue weighted by Gasteiger charge is -2.23. The minimum absolute atomic E-state index is 0.0980. The van der Waals surface area contributed by atoms with E-state index < -0.39 is 0 Å². The van der Waals surface area contributed by atoms with Crippen LogP contribution in [0.5, 0.6) is 5.75 Å². The van der Waals surface area contributed by atoms with Crippen LogP contribution in [0.3, 0.4) is 0 Å². The smallest absolute Gasteiger partial charge is 0.266 e. The number of carbonyl (C=O) groups is 1. The highest BCUT2D eigenvalue weighted by atomic mass is 32.2. The van der Waals surface area contributed by atoms with Gasteiger partial charge in [0.1, 0.15) is 22.4 Å². The Balaban J connectivity index is 1.54. The molecule has 38 heavy (non-hydrogen) atoms. The van der Waals surface area contributed by atoms with E-state index in [0.29, 0.717) is 15.8 Å². The molecule has 0 radical (unpaired) electrons. The van der Waals surface area contributed by atoms with Crippen LogP contribution < -0.4 is 4.74 Å². The number of hydrogen-bond donors (Lipinski definition) is 0. The number of aromatic nitrogens is 2. The quantitative estimate of drug-likeness (QED) is 0.133. The van der Waals surface area contributed by atoms with E-state index in [9.17, 15) is 4.79 Å². The molecule has 2 heterocycles. The van der Waals surface area contributed by atoms with Crippen molar-refractivity contribution in [2.75, 3.05) is 6.61 Å². The van der Waals surface area contributed by atoms with E-state index in [1.807, 2.05) is 104 Å². The highest BCUT2D eigenvalue weighted by Crippen LogP contribution is 2.39. The van der Waals surface area contributed by atoms with E-state index in [4.69, 9.17) is 22.1 Å². The van der Waals surface area contributed by atoms with Gasteiger partial charge in [0.2, 0.25) is 0 Å². The van der Waals surface area contributed by atoms with Crippen LogP contribution >= 0.6 is 24.0 Å². The maximum atomic E-state index is 13.6. The van der Waals surface area contributed by atoms with Gasteiger partial charge in [-0.2, -0.15) is 5.10 Å². The SMILES string of the molecule is C=CCOc1ccc(-c2nn(-c3ccccc3)cc2/C=C2\SC(=S)N(C(C)c3ccccc3)C2=O)cc1C. The molecule has 1 unspecified atom stereocenters. The Hall–Kier alpha value is -3.94. The van der Waals surface area contributed by atoms with E-state index >= 15 is 0 Å². The number of aryl methyl sites for hydroxylation is 1. The molecule has 0 aliphatic carbocycles. The van der Waals surface area contributed by atoms with Gasteiger partial charge in [0, 0.05) is 17.3 Å². The molecule has 0 N–H and O–H groups in total. The summed E-state index contributed by atoms with van der Waals surface area (Å²) in [5.74, 6) is 0.701. The average molecular weight is 538 g/mol. The average Bonchev–Trinajstić information content (AvgIpc) is 3.48. The second-order valence-corrected chi connectivity index (χ2v) is 10.6. The van der Waals surface area contributed by atoms with E-state index in [1.54, 1.807) is 11.0 Å². The Kier molecular flexibility index (Phi) is 7.58. The lowest BCUT2D eigenvalue weighted by atomic mass is 10.0. The van der Waals surface area contributed by atoms with E-state index in [2.05, 4.69) is 12.6 Å². The van der Waals surface area contributed by atoms with Crippen molar-refractivity contribution in [3.05, 3.63) is 119 Å². The summed E-state index contributed by atoms with van der Waals surface area (Å²) in [6.07, 6.45) is 5.58. The number of rotatable bonds is 8. The zero-order valence-corrected chi connectivity index (χ0v) is 22.8. The number of hydrogen-bond acceptors (Lipinski definition) is 5. The number of thiocarbonyl (C=S) groups is 1. The standard InChI is InChI=1S/C31H27N3O2S2/c1-4-17-36-27-16-15-24(18-21(27)2)29-25(20-33(32-29)26-13-9-6-10-14-26)19-28-30(35)34(31(37)38-28)22(3)23-11-7-5-8-12-23/h4-16,18-20,22H,1,17H2,2-3H3/b28-19-. The number of nitrogens with zero attached hydrogens (tertiary/aromatic N) is 3. The van der Waals surface area contributed by atoms with Gasteiger partial charge in [-0.25, -0.2) is 4.68 Å². The molecule has 1 aliphatic rings. The number of para-hydroxylation sites is 1. The maximum absolute atomic E-state index is 13.6. The normalized spacial score (nSPS) is 15.2. The Bertz CT molecular complexity index is 1530. The van der Waals surface area contributed by atoms with Crippen molar-refractivity contribution < 1.29 is 9.53 Å². The molecule has 7 heteroatoms. The molecule has 5 nitrogen and oxygen atoms in total. The van der Waals surface area contributed by atoms with Crippen molar-refractivity contribution in [2.45, 2.75) is 19.9 Å². The summed E-state index contributed by atoms with van der Waals surface area (Å²) in [6.45, 7) is 8.17. The van der Waals surface area contributed by atoms with Gasteiger partial charge < -0.3 is 4.74 Å². The third-order valence-corrected chi connectivity index (χ3v) is 7.68. The number of ether oxygens (including phenoxy) is 1. The molecule has 1 aliphatic heterocycles. The molecule has 1 amide bonds. The largest absolute Gasteiger partial charge is 0.489 e. The van der Waals surface area contributed by atoms with Gasteiger partial charge in [-0.05, 0) is 61.4 Å². The third kappa shape index (κ3) is 5.21. The fourth-order valence-electron chi connectivity index (χ4n) is 4.37. The third-order valence-electron chi connectivity index (χ3n) is 6.35. The summed E-state index contributed by atoms with van der Waals surface area (Å²) in [6, 6.07) is 25.7. The van der Waals surface area contributed by atoms with Crippen molar-refractivity contribution in [2.24, 2.45) is 0 Å². The van der Waals surface area contributed by atoms with Gasteiger partial charge in [0.25, 0.3) is 5.91 Å². The molecule has 5 rings (SSSR count). The van der Waals surface area contributed by atoms with Crippen molar-refractivity contribution in [3.63, 3.8) is 0 Å². The molecule has 1 atom stereocenters. The van der Waals surface area contributed by atoms with Crippen LogP contribution in [0.2, 0.25) is 0 Å². The Morgan fingerprint density at radius 1 is 1.08 bits per heavy atom. The molecule has 0 bridgehead atoms. The van der Waals surface area contributed by atoms with Crippen LogP contribution in [0.4, 0.5) is 0 Å². The molecule has 0 saturated carbocycles. The van der Waals surface area contributed by atoms with Crippen LogP contribution in [-0.4, -0.2) is 31.5 Å². The molecule has 1 aromatic heterocycles. The lowest BCUT2D eigenvalue weighted by Crippen LogP contribution is -2.30. The van der Waals surface area contributed by atoms with Crippen molar-refractivity contribution in [3.8, 4) is 22.7 Å². The summed E-state index contributed by atoms with van der Waals surface area (Å²) in [7, 11) is 0. The Morgan fingerprint density at radius 2 is 1.79 bits per heavy atom. The number of carbonyl (C=O) groups excluding carboxylic acids is 1. The van der Waals surface area contributed by atoms with Gasteiger partial charge in [0.15, 0.2) is 0 Å². The highest BCUT2D eigenvalue weighted by Gasteiger charge is 2.36. The van der Waals surface area contributed by atoms with Crippen LogP contribution in [0.1, 0.15) is 29.7 Å². The van der Waals surface area contributed by atoms with Crippen LogP contribution in [0.25, 0.3) is 23.0 Å². The monoisotopic (exact) mass is 537 g/mol. The first-order chi connectivity index (χ1) is 18.5. The minimum atomic E-state index is -0.160. The highest BCUT2D eigenvalue weighted by molar-refractivity contribution is 8.26. The topological polar surface area (TPSA) is 47.4 Å². The number of thioether (sulfide) groups is 1. The molecule has 1 fully saturated rings. The lowest BCUT2D eigenvalue weighted by molar-refractivity contribution is -0.123. The first kappa shape index (κ1) is 25.7. The molecule has 190 valence electrons. The van der Waals surface area contributed by atoms with E-state index in [-0.39, 0.29) is 11.9 Å². The van der Waals surface area contributed by atoms with Crippen LogP contribution in [-0.2, 0) is 4.79 Å². The molecular weight excluding hydrogens is 510 g/mol. The molecule has 1 saturated heterocycles. The van der Waals surface area contributed by atoms with Crippen LogP contribution in [0, 0.1) is 6.92 Å².